The number of allylic oxidation sites excluding steroid dienone is 3. The Bertz CT molecular complexity index is 2260. The molecule has 0 saturated carbocycles. The lowest BCUT2D eigenvalue weighted by Crippen LogP contribution is -2.72. The number of esters is 1. The third kappa shape index (κ3) is 8.92. The molecule has 3 amide bonds. The number of thioether (sulfide) groups is 1. The standard InChI is InChI=1S/C44H38N4O9S/c49-35(25-28-13-5-1-6-14-28)34-27-58-42-37(41(51)47(42)38(34)43(52)57-39(31-17-9-3-10-18-31)32-19-11-4-12-20-32)45-40(50)36(30-15-7-2-8-16-30)46-44(53)56-26-29-21-23-33(24-22-29)48(54)55/h1-7,9-14,16-24,36-37,39,42H,8,15,25-27H2,(H,45,50)(H,46,53)/t36?,37?,42-/m1/s1. The molecule has 1 aliphatic carbocycles. The summed E-state index contributed by atoms with van der Waals surface area (Å²) in [5, 5.41) is 15.6. The molecular formula is C44H38N4O9S. The maximum absolute atomic E-state index is 14.4. The van der Waals surface area contributed by atoms with Gasteiger partial charge in [-0.05, 0) is 52.8 Å². The normalized spacial score (nSPS) is 17.6. The largest absolute Gasteiger partial charge is 0.448 e. The molecule has 0 spiro atoms. The first-order valence-corrected chi connectivity index (χ1v) is 19.6. The van der Waals surface area contributed by atoms with Crippen molar-refractivity contribution >= 4 is 47.1 Å². The van der Waals surface area contributed by atoms with Crippen LogP contribution in [0.15, 0.2) is 150 Å². The molecule has 13 nitrogen and oxygen atoms in total. The molecule has 4 aromatic carbocycles. The van der Waals surface area contributed by atoms with Crippen LogP contribution in [-0.4, -0.2) is 62.7 Å². The van der Waals surface area contributed by atoms with Gasteiger partial charge in [0.25, 0.3) is 11.6 Å². The number of β-lactam (4-membered cyclic amide) rings is 1. The summed E-state index contributed by atoms with van der Waals surface area (Å²) < 4.78 is 11.5. The Morgan fingerprint density at radius 3 is 2.09 bits per heavy atom. The molecule has 3 aliphatic rings. The van der Waals surface area contributed by atoms with Crippen molar-refractivity contribution in [3.8, 4) is 0 Å². The number of alkyl carbamates (subject to hydrolysis) is 1. The summed E-state index contributed by atoms with van der Waals surface area (Å²) in [6, 6.07) is 30.6. The lowest BCUT2D eigenvalue weighted by molar-refractivity contribution is -0.384. The molecule has 1 saturated heterocycles. The minimum Gasteiger partial charge on any atom is -0.448 e. The predicted octanol–water partition coefficient (Wildman–Crippen LogP) is 6.26. The van der Waals surface area contributed by atoms with E-state index in [0.29, 0.717) is 35.1 Å². The smallest absolute Gasteiger partial charge is 0.408 e. The van der Waals surface area contributed by atoms with Gasteiger partial charge < -0.3 is 20.1 Å². The first-order chi connectivity index (χ1) is 28.2. The topological polar surface area (TPSA) is 174 Å². The summed E-state index contributed by atoms with van der Waals surface area (Å²) >= 11 is 1.24. The van der Waals surface area contributed by atoms with Crippen molar-refractivity contribution in [3.63, 3.8) is 0 Å². The first kappa shape index (κ1) is 39.4. The fourth-order valence-corrected chi connectivity index (χ4v) is 8.27. The minimum absolute atomic E-state index is 0.00161. The van der Waals surface area contributed by atoms with Crippen LogP contribution in [0.2, 0.25) is 0 Å². The number of fused-ring (bicyclic) bond motifs is 1. The van der Waals surface area contributed by atoms with Crippen LogP contribution in [0.5, 0.6) is 0 Å². The van der Waals surface area contributed by atoms with E-state index in [0.717, 1.165) is 5.56 Å². The molecule has 4 aromatic rings. The van der Waals surface area contributed by atoms with Gasteiger partial charge >= 0.3 is 12.1 Å². The number of ketones is 1. The van der Waals surface area contributed by atoms with E-state index in [-0.39, 0.29) is 41.5 Å². The van der Waals surface area contributed by atoms with Crippen molar-refractivity contribution in [3.05, 3.63) is 183 Å². The summed E-state index contributed by atoms with van der Waals surface area (Å²) in [4.78, 5) is 81.1. The summed E-state index contributed by atoms with van der Waals surface area (Å²) in [6.07, 6.45) is 4.71. The number of hydrogen-bond acceptors (Lipinski definition) is 10. The van der Waals surface area contributed by atoms with E-state index in [1.54, 1.807) is 0 Å². The Hall–Kier alpha value is -6.80. The van der Waals surface area contributed by atoms with Crippen LogP contribution in [-0.2, 0) is 41.7 Å². The number of amides is 3. The van der Waals surface area contributed by atoms with E-state index in [1.807, 2.05) is 109 Å². The predicted molar refractivity (Wildman–Crippen MR) is 215 cm³/mol. The van der Waals surface area contributed by atoms with E-state index < -0.39 is 52.4 Å². The molecule has 14 heteroatoms. The highest BCUT2D eigenvalue weighted by Gasteiger charge is 2.55. The number of nitro benzene ring substituents is 1. The SMILES string of the molecule is O=C(NC(C(=O)NC1C(=O)N2C(C(=O)OC(c3ccccc3)c3ccccc3)=C(C(=O)Cc3ccccc3)CS[C@H]12)C1=CCC=CC1)OCc1ccc([N+](=O)[O-])cc1. The highest BCUT2D eigenvalue weighted by atomic mass is 32.2. The maximum Gasteiger partial charge on any atom is 0.408 e. The van der Waals surface area contributed by atoms with Crippen LogP contribution < -0.4 is 10.6 Å². The molecule has 0 radical (unpaired) electrons. The van der Waals surface area contributed by atoms with Gasteiger partial charge in [-0.1, -0.05) is 109 Å². The van der Waals surface area contributed by atoms with Gasteiger partial charge in [0, 0.05) is 29.9 Å². The van der Waals surface area contributed by atoms with Gasteiger partial charge in [-0.2, -0.15) is 0 Å². The lowest BCUT2D eigenvalue weighted by atomic mass is 9.95. The quantitative estimate of drug-likeness (QED) is 0.0487. The monoisotopic (exact) mass is 798 g/mol. The van der Waals surface area contributed by atoms with Crippen molar-refractivity contribution in [1.29, 1.82) is 0 Å². The summed E-state index contributed by atoms with van der Waals surface area (Å²) in [5.41, 5.74) is 3.07. The molecular weight excluding hydrogens is 761 g/mol. The molecule has 7 rings (SSSR count). The number of nitrogens with zero attached hydrogens (tertiary/aromatic N) is 2. The van der Waals surface area contributed by atoms with Gasteiger partial charge in [-0.25, -0.2) is 9.59 Å². The number of ether oxygens (including phenoxy) is 2. The van der Waals surface area contributed by atoms with Crippen molar-refractivity contribution in [2.45, 2.75) is 49.4 Å². The van der Waals surface area contributed by atoms with Gasteiger partial charge in [-0.3, -0.25) is 29.4 Å². The van der Waals surface area contributed by atoms with E-state index in [2.05, 4.69) is 10.6 Å². The van der Waals surface area contributed by atoms with Crippen LogP contribution in [0.1, 0.15) is 41.2 Å². The highest BCUT2D eigenvalue weighted by molar-refractivity contribution is 8.00. The van der Waals surface area contributed by atoms with E-state index in [9.17, 15) is 34.1 Å². The number of benzene rings is 4. The fraction of sp³-hybridized carbons (Fsp3) is 0.205. The number of nitrogens with one attached hydrogen (secondary N) is 2. The Labute approximate surface area is 337 Å². The summed E-state index contributed by atoms with van der Waals surface area (Å²) in [7, 11) is 0. The number of carbonyl (C=O) groups is 5. The maximum atomic E-state index is 14.4. The van der Waals surface area contributed by atoms with Crippen molar-refractivity contribution < 1.29 is 38.4 Å². The molecule has 3 atom stereocenters. The average Bonchev–Trinajstić information content (AvgIpc) is 3.26. The number of carbonyl (C=O) groups excluding carboxylic acids is 5. The molecule has 294 valence electrons. The first-order valence-electron chi connectivity index (χ1n) is 18.5. The van der Waals surface area contributed by atoms with Crippen molar-refractivity contribution in [2.75, 3.05) is 5.75 Å². The van der Waals surface area contributed by atoms with Gasteiger partial charge in [0.2, 0.25) is 5.91 Å². The second-order valence-corrected chi connectivity index (χ2v) is 14.8. The van der Waals surface area contributed by atoms with Crippen LogP contribution >= 0.6 is 11.8 Å². The van der Waals surface area contributed by atoms with Gasteiger partial charge in [0.05, 0.1) is 4.92 Å². The minimum atomic E-state index is -1.20. The van der Waals surface area contributed by atoms with Crippen LogP contribution in [0, 0.1) is 10.1 Å². The Morgan fingerprint density at radius 2 is 1.48 bits per heavy atom. The second kappa shape index (κ2) is 18.0. The van der Waals surface area contributed by atoms with E-state index >= 15 is 0 Å². The highest BCUT2D eigenvalue weighted by Crippen LogP contribution is 2.42. The van der Waals surface area contributed by atoms with Crippen molar-refractivity contribution in [2.24, 2.45) is 0 Å². The molecule has 2 heterocycles. The number of nitro groups is 1. The number of rotatable bonds is 14. The van der Waals surface area contributed by atoms with Crippen molar-refractivity contribution in [1.82, 2.24) is 15.5 Å². The molecule has 58 heavy (non-hydrogen) atoms. The lowest BCUT2D eigenvalue weighted by Gasteiger charge is -2.50. The van der Waals surface area contributed by atoms with E-state index in [4.69, 9.17) is 9.47 Å². The molecule has 0 bridgehead atoms. The van der Waals surface area contributed by atoms with Crippen LogP contribution in [0.3, 0.4) is 0 Å². The molecule has 2 unspecified atom stereocenters. The number of hydrogen-bond donors (Lipinski definition) is 2. The van der Waals surface area contributed by atoms with Gasteiger partial charge in [0.1, 0.15) is 29.8 Å². The second-order valence-electron chi connectivity index (χ2n) is 13.7. The van der Waals surface area contributed by atoms with Crippen LogP contribution in [0.25, 0.3) is 0 Å². The zero-order chi connectivity index (χ0) is 40.6. The Morgan fingerprint density at radius 1 is 0.845 bits per heavy atom. The van der Waals surface area contributed by atoms with Crippen LogP contribution in [0.4, 0.5) is 10.5 Å². The molecule has 2 N–H and O–H groups in total. The zero-order valence-corrected chi connectivity index (χ0v) is 31.8. The number of non-ortho nitro benzene ring substituents is 1. The Balaban J connectivity index is 1.11. The summed E-state index contributed by atoms with van der Waals surface area (Å²) in [6.45, 7) is -0.210. The third-order valence-electron chi connectivity index (χ3n) is 9.88. The molecule has 1 fully saturated rings. The van der Waals surface area contributed by atoms with Gasteiger partial charge in [-0.15, -0.1) is 11.8 Å². The average molecular weight is 799 g/mol. The van der Waals surface area contributed by atoms with Gasteiger partial charge in [0.15, 0.2) is 11.9 Å². The molecule has 0 aromatic heterocycles. The third-order valence-corrected chi connectivity index (χ3v) is 11.2. The Kier molecular flexibility index (Phi) is 12.2. The number of Topliss-reactive ketones (excluding diaryl/α,β-unsaturated/α-hetero) is 1. The fourth-order valence-electron chi connectivity index (χ4n) is 6.90. The zero-order valence-electron chi connectivity index (χ0n) is 31.0. The van der Waals surface area contributed by atoms with E-state index in [1.165, 1.54) is 40.9 Å². The summed E-state index contributed by atoms with van der Waals surface area (Å²) in [5.74, 6) is -2.40. The molecule has 2 aliphatic heterocycles.